The van der Waals surface area contributed by atoms with Crippen molar-refractivity contribution >= 4 is 39.6 Å². The lowest BCUT2D eigenvalue weighted by Gasteiger charge is -2.14. The summed E-state index contributed by atoms with van der Waals surface area (Å²) in [5, 5.41) is 6.30. The van der Waals surface area contributed by atoms with E-state index in [1.54, 1.807) is 18.2 Å². The molecule has 9 heteroatoms. The molecular formula is C22H25BrFN3O4. The molecule has 31 heavy (non-hydrogen) atoms. The molecule has 7 nitrogen and oxygen atoms in total. The van der Waals surface area contributed by atoms with Crippen LogP contribution in [0.4, 0.5) is 10.1 Å². The minimum atomic E-state index is -1.08. The second-order valence-corrected chi connectivity index (χ2v) is 7.39. The summed E-state index contributed by atoms with van der Waals surface area (Å²) in [5.74, 6) is -1.77. The van der Waals surface area contributed by atoms with Crippen molar-refractivity contribution in [3.8, 4) is 11.5 Å². The van der Waals surface area contributed by atoms with Crippen LogP contribution in [0.5, 0.6) is 11.5 Å². The molecule has 0 aromatic heterocycles. The highest BCUT2D eigenvalue weighted by atomic mass is 79.9. The maximum absolute atomic E-state index is 13.7. The summed E-state index contributed by atoms with van der Waals surface area (Å²) in [6.07, 6.45) is 2.28. The highest BCUT2D eigenvalue weighted by molar-refractivity contribution is 9.10. The zero-order chi connectivity index (χ0) is 22.8. The van der Waals surface area contributed by atoms with Crippen molar-refractivity contribution < 1.29 is 23.5 Å². The van der Waals surface area contributed by atoms with Gasteiger partial charge >= 0.3 is 0 Å². The predicted molar refractivity (Wildman–Crippen MR) is 121 cm³/mol. The van der Waals surface area contributed by atoms with Crippen LogP contribution >= 0.6 is 15.9 Å². The van der Waals surface area contributed by atoms with Crippen molar-refractivity contribution in [2.75, 3.05) is 18.5 Å². The Labute approximate surface area is 189 Å². The second kappa shape index (κ2) is 12.0. The van der Waals surface area contributed by atoms with Gasteiger partial charge in [-0.05, 0) is 66.0 Å². The van der Waals surface area contributed by atoms with Crippen molar-refractivity contribution in [2.24, 2.45) is 11.0 Å². The SMILES string of the molecule is CCCOc1c(Br)cc(C=NNC(=O)C(C)C(=O)Nc2ccccc2F)cc1OCC. The van der Waals surface area contributed by atoms with Crippen LogP contribution < -0.4 is 20.2 Å². The minimum absolute atomic E-state index is 0.00865. The van der Waals surface area contributed by atoms with E-state index in [9.17, 15) is 14.0 Å². The Balaban J connectivity index is 2.02. The van der Waals surface area contributed by atoms with Crippen LogP contribution in [0.2, 0.25) is 0 Å². The van der Waals surface area contributed by atoms with Crippen LogP contribution in [0.1, 0.15) is 32.8 Å². The van der Waals surface area contributed by atoms with Crippen LogP contribution in [0.15, 0.2) is 46.0 Å². The van der Waals surface area contributed by atoms with Gasteiger partial charge in [0.25, 0.3) is 5.91 Å². The van der Waals surface area contributed by atoms with Gasteiger partial charge in [-0.15, -0.1) is 0 Å². The lowest BCUT2D eigenvalue weighted by molar-refractivity contribution is -0.131. The fourth-order valence-electron chi connectivity index (χ4n) is 2.46. The monoisotopic (exact) mass is 493 g/mol. The number of nitrogens with zero attached hydrogens (tertiary/aromatic N) is 1. The summed E-state index contributed by atoms with van der Waals surface area (Å²) in [7, 11) is 0. The number of hydrogen-bond donors (Lipinski definition) is 2. The average Bonchev–Trinajstić information content (AvgIpc) is 2.74. The van der Waals surface area contributed by atoms with E-state index in [1.807, 2.05) is 13.8 Å². The molecule has 0 aliphatic rings. The number of nitrogens with one attached hydrogen (secondary N) is 2. The quantitative estimate of drug-likeness (QED) is 0.289. The maximum Gasteiger partial charge on any atom is 0.252 e. The van der Waals surface area contributed by atoms with Crippen LogP contribution in [0, 0.1) is 11.7 Å². The van der Waals surface area contributed by atoms with Crippen molar-refractivity contribution in [1.82, 2.24) is 5.43 Å². The molecular weight excluding hydrogens is 469 g/mol. The van der Waals surface area contributed by atoms with E-state index in [2.05, 4.69) is 31.8 Å². The van der Waals surface area contributed by atoms with E-state index in [0.717, 1.165) is 6.42 Å². The van der Waals surface area contributed by atoms with Crippen LogP contribution in [-0.4, -0.2) is 31.2 Å². The number of rotatable bonds is 10. The Bertz CT molecular complexity index is 952. The third kappa shape index (κ3) is 7.06. The molecule has 2 rings (SSSR count). The molecule has 166 valence electrons. The first-order chi connectivity index (χ1) is 14.9. The number of halogens is 2. The zero-order valence-corrected chi connectivity index (χ0v) is 19.2. The van der Waals surface area contributed by atoms with Crippen molar-refractivity contribution in [3.05, 3.63) is 52.3 Å². The van der Waals surface area contributed by atoms with Crippen molar-refractivity contribution in [3.63, 3.8) is 0 Å². The largest absolute Gasteiger partial charge is 0.490 e. The number of carbonyl (C=O) groups is 2. The molecule has 0 heterocycles. The summed E-state index contributed by atoms with van der Waals surface area (Å²) in [6, 6.07) is 9.24. The number of amides is 2. The first kappa shape index (κ1) is 24.3. The van der Waals surface area contributed by atoms with E-state index in [4.69, 9.17) is 9.47 Å². The lowest BCUT2D eigenvalue weighted by Crippen LogP contribution is -2.34. The van der Waals surface area contributed by atoms with Crippen LogP contribution in [0.3, 0.4) is 0 Å². The zero-order valence-electron chi connectivity index (χ0n) is 17.6. The summed E-state index contributed by atoms with van der Waals surface area (Å²) >= 11 is 3.46. The van der Waals surface area contributed by atoms with Gasteiger partial charge in [-0.3, -0.25) is 9.59 Å². The Morgan fingerprint density at radius 2 is 1.94 bits per heavy atom. The Kier molecular flexibility index (Phi) is 9.45. The fourth-order valence-corrected chi connectivity index (χ4v) is 3.03. The molecule has 2 aromatic rings. The standard InChI is InChI=1S/C22H25BrFN3O4/c1-4-10-31-20-16(23)11-15(12-19(20)30-5-2)13-25-27-22(29)14(3)21(28)26-18-9-7-6-8-17(18)24/h6-9,11-14H,4-5,10H2,1-3H3,(H,26,28)(H,27,29). The molecule has 0 fully saturated rings. The van der Waals surface area contributed by atoms with Gasteiger partial charge in [-0.1, -0.05) is 19.1 Å². The molecule has 1 unspecified atom stereocenters. The summed E-state index contributed by atoms with van der Waals surface area (Å²) < 4.78 is 25.7. The predicted octanol–water partition coefficient (Wildman–Crippen LogP) is 4.50. The van der Waals surface area contributed by atoms with Crippen LogP contribution in [0.25, 0.3) is 0 Å². The molecule has 0 saturated carbocycles. The number of carbonyl (C=O) groups excluding carboxylic acids is 2. The van der Waals surface area contributed by atoms with Gasteiger partial charge in [0.05, 0.1) is 29.6 Å². The topological polar surface area (TPSA) is 89.0 Å². The average molecular weight is 494 g/mol. The van der Waals surface area contributed by atoms with Gasteiger partial charge in [0, 0.05) is 0 Å². The van der Waals surface area contributed by atoms with E-state index < -0.39 is 23.5 Å². The molecule has 2 N–H and O–H groups in total. The number of benzene rings is 2. The highest BCUT2D eigenvalue weighted by Crippen LogP contribution is 2.36. The first-order valence-electron chi connectivity index (χ1n) is 9.84. The number of anilines is 1. The molecule has 2 amide bonds. The summed E-state index contributed by atoms with van der Waals surface area (Å²) in [4.78, 5) is 24.4. The second-order valence-electron chi connectivity index (χ2n) is 6.54. The van der Waals surface area contributed by atoms with E-state index in [0.29, 0.717) is 34.7 Å². The molecule has 0 aliphatic heterocycles. The molecule has 0 aliphatic carbocycles. The molecule has 1 atom stereocenters. The number of hydrogen-bond acceptors (Lipinski definition) is 5. The minimum Gasteiger partial charge on any atom is -0.490 e. The van der Waals surface area contributed by atoms with Gasteiger partial charge < -0.3 is 14.8 Å². The third-order valence-electron chi connectivity index (χ3n) is 4.09. The maximum atomic E-state index is 13.7. The summed E-state index contributed by atoms with van der Waals surface area (Å²) in [6.45, 7) is 6.29. The van der Waals surface area contributed by atoms with Crippen molar-refractivity contribution in [2.45, 2.75) is 27.2 Å². The van der Waals surface area contributed by atoms with Crippen LogP contribution in [-0.2, 0) is 9.59 Å². The van der Waals surface area contributed by atoms with E-state index >= 15 is 0 Å². The fraction of sp³-hybridized carbons (Fsp3) is 0.318. The van der Waals surface area contributed by atoms with Gasteiger partial charge in [0.2, 0.25) is 5.91 Å². The molecule has 2 aromatic carbocycles. The van der Waals surface area contributed by atoms with Gasteiger partial charge in [-0.25, -0.2) is 9.82 Å². The normalized spacial score (nSPS) is 11.8. The first-order valence-corrected chi connectivity index (χ1v) is 10.6. The molecule has 0 radical (unpaired) electrons. The van der Waals surface area contributed by atoms with Gasteiger partial charge in [0.1, 0.15) is 11.7 Å². The smallest absolute Gasteiger partial charge is 0.252 e. The Morgan fingerprint density at radius 3 is 2.61 bits per heavy atom. The van der Waals surface area contributed by atoms with Crippen molar-refractivity contribution in [1.29, 1.82) is 0 Å². The Hall–Kier alpha value is -2.94. The lowest BCUT2D eigenvalue weighted by atomic mass is 10.1. The summed E-state index contributed by atoms with van der Waals surface area (Å²) in [5.41, 5.74) is 2.98. The number of ether oxygens (including phenoxy) is 2. The third-order valence-corrected chi connectivity index (χ3v) is 4.68. The molecule has 0 spiro atoms. The van der Waals surface area contributed by atoms with Gasteiger partial charge in [0.15, 0.2) is 11.5 Å². The molecule has 0 bridgehead atoms. The Morgan fingerprint density at radius 1 is 1.19 bits per heavy atom. The number of hydrazone groups is 1. The number of para-hydroxylation sites is 1. The highest BCUT2D eigenvalue weighted by Gasteiger charge is 2.22. The van der Waals surface area contributed by atoms with E-state index in [1.165, 1.54) is 31.3 Å². The molecule has 0 saturated heterocycles. The van der Waals surface area contributed by atoms with E-state index in [-0.39, 0.29) is 5.69 Å². The van der Waals surface area contributed by atoms with Gasteiger partial charge in [-0.2, -0.15) is 5.10 Å².